The average molecular weight is 547 g/mol. The lowest BCUT2D eigenvalue weighted by atomic mass is 9.98. The number of halogens is 1. The number of pyridine rings is 1. The van der Waals surface area contributed by atoms with Gasteiger partial charge in [-0.15, -0.1) is 5.10 Å². The van der Waals surface area contributed by atoms with Gasteiger partial charge < -0.3 is 25.5 Å². The summed E-state index contributed by atoms with van der Waals surface area (Å²) in [6.45, 7) is 0. The monoisotopic (exact) mass is 546 g/mol. The van der Waals surface area contributed by atoms with E-state index in [0.29, 0.717) is 43.5 Å². The molecular weight excluding hydrogens is 528 g/mol. The first kappa shape index (κ1) is 24.5. The van der Waals surface area contributed by atoms with Gasteiger partial charge in [0, 0.05) is 28.3 Å². The van der Waals surface area contributed by atoms with Crippen LogP contribution in [0.15, 0.2) is 67.3 Å². The number of aromatic amines is 1. The van der Waals surface area contributed by atoms with Gasteiger partial charge in [0.1, 0.15) is 12.2 Å². The Bertz CT molecular complexity index is 1710. The summed E-state index contributed by atoms with van der Waals surface area (Å²) in [6, 6.07) is 13.2. The van der Waals surface area contributed by atoms with Gasteiger partial charge in [-0.2, -0.15) is 9.41 Å². The smallest absolute Gasteiger partial charge is 0.409 e. The number of rotatable bonds is 5. The number of aliphatic hydroxyl groups is 2. The molecule has 0 radical (unpaired) electrons. The van der Waals surface area contributed by atoms with Gasteiger partial charge >= 0.3 is 6.09 Å². The van der Waals surface area contributed by atoms with Crippen molar-refractivity contribution in [2.24, 2.45) is 0 Å². The summed E-state index contributed by atoms with van der Waals surface area (Å²) >= 11 is 6.25. The van der Waals surface area contributed by atoms with Crippen LogP contribution < -0.4 is 10.0 Å². The predicted molar refractivity (Wildman–Crippen MR) is 137 cm³/mol. The normalized spacial score (nSPS) is 18.2. The van der Waals surface area contributed by atoms with Crippen LogP contribution in [0.1, 0.15) is 29.6 Å². The molecule has 5 N–H and O–H groups in total. The Balaban J connectivity index is 1.39. The van der Waals surface area contributed by atoms with Crippen molar-refractivity contribution in [2.75, 3.05) is 5.32 Å². The molecule has 0 saturated heterocycles. The number of carbonyl (C=O) groups is 1. The zero-order valence-corrected chi connectivity index (χ0v) is 20.6. The maximum Gasteiger partial charge on any atom is 0.409 e. The highest BCUT2D eigenvalue weighted by Gasteiger charge is 2.52. The summed E-state index contributed by atoms with van der Waals surface area (Å²) < 4.78 is 1.95. The van der Waals surface area contributed by atoms with Crippen molar-refractivity contribution in [2.45, 2.75) is 18.1 Å². The number of tetrazole rings is 1. The Labute approximate surface area is 224 Å². The lowest BCUT2D eigenvalue weighted by Crippen LogP contribution is -2.42. The molecule has 0 saturated carbocycles. The van der Waals surface area contributed by atoms with Gasteiger partial charge in [-0.1, -0.05) is 23.7 Å². The van der Waals surface area contributed by atoms with Crippen molar-refractivity contribution in [1.82, 2.24) is 30.2 Å². The maximum atomic E-state index is 13.4. The first-order valence-corrected chi connectivity index (χ1v) is 12.0. The molecule has 1 amide bonds. The van der Waals surface area contributed by atoms with Crippen molar-refractivity contribution in [3.8, 4) is 28.1 Å². The third kappa shape index (κ3) is 4.24. The summed E-state index contributed by atoms with van der Waals surface area (Å²) in [7, 11) is 0. The van der Waals surface area contributed by atoms with Gasteiger partial charge in [-0.05, 0) is 52.4 Å². The van der Waals surface area contributed by atoms with Gasteiger partial charge in [0.25, 0.3) is 0 Å². The molecular formula is C25H19ClN8O5. The first-order valence-electron chi connectivity index (χ1n) is 11.6. The van der Waals surface area contributed by atoms with Crippen LogP contribution in [0.5, 0.6) is 0 Å². The molecule has 2 aromatic carbocycles. The molecule has 196 valence electrons. The number of hydrogen-bond acceptors (Lipinski definition) is 8. The Morgan fingerprint density at radius 3 is 2.72 bits per heavy atom. The van der Waals surface area contributed by atoms with Crippen LogP contribution in [0.4, 0.5) is 10.5 Å². The van der Waals surface area contributed by atoms with Crippen LogP contribution in [0, 0.1) is 5.21 Å². The number of carboxylic acid groups (broad SMARTS) is 1. The molecule has 14 heteroatoms. The zero-order chi connectivity index (χ0) is 27.3. The molecule has 3 aromatic heterocycles. The van der Waals surface area contributed by atoms with Crippen LogP contribution >= 0.6 is 11.6 Å². The molecule has 39 heavy (non-hydrogen) atoms. The van der Waals surface area contributed by atoms with Gasteiger partial charge in [-0.3, -0.25) is 5.32 Å². The van der Waals surface area contributed by atoms with Crippen LogP contribution in [0.2, 0.25) is 5.02 Å². The molecule has 0 bridgehead atoms. The van der Waals surface area contributed by atoms with E-state index in [1.54, 1.807) is 48.5 Å². The summed E-state index contributed by atoms with van der Waals surface area (Å²) in [5.41, 5.74) is 1.44. The SMILES string of the molecule is O=C(O)Nc1ccc(-c2cnc(C3(O)CC(O)c4cc(-c5cc(Cl)ccc5-n5cnnn5)c[n+]([O-])c43)[nH]2)cc1. The predicted octanol–water partition coefficient (Wildman–Crippen LogP) is 2.77. The van der Waals surface area contributed by atoms with E-state index in [9.17, 15) is 20.2 Å². The third-order valence-corrected chi connectivity index (χ3v) is 6.82. The molecule has 0 aliphatic heterocycles. The lowest BCUT2D eigenvalue weighted by Gasteiger charge is -2.20. The van der Waals surface area contributed by atoms with Crippen LogP contribution in [-0.4, -0.2) is 51.6 Å². The number of amides is 1. The molecule has 1 aliphatic rings. The minimum atomic E-state index is -1.90. The third-order valence-electron chi connectivity index (χ3n) is 6.58. The first-order chi connectivity index (χ1) is 18.7. The van der Waals surface area contributed by atoms with E-state index in [-0.39, 0.29) is 23.5 Å². The fourth-order valence-corrected chi connectivity index (χ4v) is 5.03. The highest BCUT2D eigenvalue weighted by atomic mass is 35.5. The number of anilines is 1. The molecule has 0 fully saturated rings. The quantitative estimate of drug-likeness (QED) is 0.163. The fraction of sp³-hybridized carbons (Fsp3) is 0.120. The van der Waals surface area contributed by atoms with E-state index in [1.165, 1.54) is 23.4 Å². The number of benzene rings is 2. The number of hydrogen-bond donors (Lipinski definition) is 5. The topological polar surface area (TPSA) is 189 Å². The largest absolute Gasteiger partial charge is 0.618 e. The van der Waals surface area contributed by atoms with E-state index in [1.807, 2.05) is 0 Å². The Morgan fingerprint density at radius 2 is 2.00 bits per heavy atom. The molecule has 2 atom stereocenters. The molecule has 6 rings (SSSR count). The Kier molecular flexibility index (Phi) is 5.75. The number of aromatic nitrogens is 7. The molecule has 5 aromatic rings. The number of nitrogens with one attached hydrogen (secondary N) is 2. The molecule has 3 heterocycles. The van der Waals surface area contributed by atoms with E-state index in [0.717, 1.165) is 0 Å². The molecule has 2 unspecified atom stereocenters. The van der Waals surface area contributed by atoms with Gasteiger partial charge in [0.2, 0.25) is 11.3 Å². The number of H-pyrrole nitrogens is 1. The Morgan fingerprint density at radius 1 is 1.21 bits per heavy atom. The average Bonchev–Trinajstić information content (AvgIpc) is 3.65. The second-order valence-corrected chi connectivity index (χ2v) is 9.44. The van der Waals surface area contributed by atoms with Gasteiger partial charge in [0.05, 0.1) is 29.2 Å². The highest BCUT2D eigenvalue weighted by molar-refractivity contribution is 6.31. The van der Waals surface area contributed by atoms with Crippen molar-refractivity contribution in [3.63, 3.8) is 0 Å². The minimum absolute atomic E-state index is 0.0494. The number of aliphatic hydroxyl groups excluding tert-OH is 1. The van der Waals surface area contributed by atoms with Crippen molar-refractivity contribution in [1.29, 1.82) is 0 Å². The Hall–Kier alpha value is -4.85. The lowest BCUT2D eigenvalue weighted by molar-refractivity contribution is -0.620. The van der Waals surface area contributed by atoms with Crippen molar-refractivity contribution >= 4 is 23.4 Å². The zero-order valence-electron chi connectivity index (χ0n) is 19.9. The molecule has 13 nitrogen and oxygen atoms in total. The van der Waals surface area contributed by atoms with Gasteiger partial charge in [0.15, 0.2) is 6.20 Å². The molecule has 1 aliphatic carbocycles. The standard InChI is InChI=1S/C25H19ClN8O5/c26-15-3-6-20(33-12-28-31-32-33)17(8-15)14-7-18-21(35)9-25(38,22(18)34(39)11-14)23-27-10-19(30-23)13-1-4-16(5-2-13)29-24(36)37/h1-8,10-12,21,29,35,38H,9H2,(H,27,30)(H,36,37). The van der Waals surface area contributed by atoms with Gasteiger partial charge in [-0.25, -0.2) is 9.78 Å². The summed E-state index contributed by atoms with van der Waals surface area (Å²) in [4.78, 5) is 18.2. The van der Waals surface area contributed by atoms with E-state index in [2.05, 4.69) is 30.8 Å². The number of fused-ring (bicyclic) bond motifs is 1. The number of imidazole rings is 1. The van der Waals surface area contributed by atoms with E-state index >= 15 is 0 Å². The van der Waals surface area contributed by atoms with Crippen LogP contribution in [0.25, 0.3) is 28.1 Å². The van der Waals surface area contributed by atoms with E-state index in [4.69, 9.17) is 16.7 Å². The molecule has 0 spiro atoms. The summed E-state index contributed by atoms with van der Waals surface area (Å²) in [5, 5.41) is 58.8. The second kappa shape index (κ2) is 9.16. The summed E-state index contributed by atoms with van der Waals surface area (Å²) in [5.74, 6) is 0.0810. The highest BCUT2D eigenvalue weighted by Crippen LogP contribution is 2.46. The number of nitrogens with zero attached hydrogens (tertiary/aromatic N) is 6. The second-order valence-electron chi connectivity index (χ2n) is 9.01. The minimum Gasteiger partial charge on any atom is -0.618 e. The van der Waals surface area contributed by atoms with E-state index < -0.39 is 17.8 Å². The van der Waals surface area contributed by atoms with Crippen LogP contribution in [-0.2, 0) is 5.60 Å². The van der Waals surface area contributed by atoms with Crippen molar-refractivity contribution in [3.05, 3.63) is 94.6 Å². The fourth-order valence-electron chi connectivity index (χ4n) is 4.85. The van der Waals surface area contributed by atoms with Crippen molar-refractivity contribution < 1.29 is 24.8 Å². The summed E-state index contributed by atoms with van der Waals surface area (Å²) in [6.07, 6.45) is 1.66. The van der Waals surface area contributed by atoms with Crippen LogP contribution in [0.3, 0.4) is 0 Å². The maximum absolute atomic E-state index is 13.4.